The Morgan fingerprint density at radius 1 is 0.952 bits per heavy atom. The van der Waals surface area contributed by atoms with Crippen molar-refractivity contribution in [1.29, 1.82) is 0 Å². The first kappa shape index (κ1) is 13.9. The summed E-state index contributed by atoms with van der Waals surface area (Å²) in [6.45, 7) is 4.18. The number of nitrogens with zero attached hydrogens (tertiary/aromatic N) is 1. The van der Waals surface area contributed by atoms with Gasteiger partial charge in [0, 0.05) is 6.42 Å². The predicted molar refractivity (Wildman–Crippen MR) is 86.9 cm³/mol. The average Bonchev–Trinajstić information content (AvgIpc) is 2.63. The van der Waals surface area contributed by atoms with Crippen LogP contribution >= 0.6 is 0 Å². The third-order valence-electron chi connectivity index (χ3n) is 3.96. The highest BCUT2D eigenvalue weighted by molar-refractivity contribution is 6.02. The van der Waals surface area contributed by atoms with Crippen LogP contribution in [0.5, 0.6) is 0 Å². The molecule has 0 spiro atoms. The summed E-state index contributed by atoms with van der Waals surface area (Å²) in [6.07, 6.45) is 2.54. The Labute approximate surface area is 126 Å². The molecule has 21 heavy (non-hydrogen) atoms. The average molecular weight is 279 g/mol. The maximum atomic E-state index is 12.8. The van der Waals surface area contributed by atoms with E-state index in [4.69, 9.17) is 0 Å². The van der Waals surface area contributed by atoms with E-state index < -0.39 is 0 Å². The Balaban J connectivity index is 2.13. The van der Waals surface area contributed by atoms with Gasteiger partial charge in [-0.2, -0.15) is 0 Å². The van der Waals surface area contributed by atoms with Crippen LogP contribution in [0.15, 0.2) is 48.5 Å². The topological polar surface area (TPSA) is 20.3 Å². The van der Waals surface area contributed by atoms with Crippen LogP contribution in [0.3, 0.4) is 0 Å². The van der Waals surface area contributed by atoms with Crippen LogP contribution in [0.4, 0.5) is 11.4 Å². The fourth-order valence-corrected chi connectivity index (χ4v) is 2.99. The predicted octanol–water partition coefficient (Wildman–Crippen LogP) is 4.50. The number of para-hydroxylation sites is 2. The van der Waals surface area contributed by atoms with Gasteiger partial charge in [-0.3, -0.25) is 9.69 Å². The van der Waals surface area contributed by atoms with E-state index >= 15 is 0 Å². The van der Waals surface area contributed by atoms with Gasteiger partial charge in [-0.05, 0) is 42.0 Å². The van der Waals surface area contributed by atoms with Crippen LogP contribution < -0.4 is 4.90 Å². The Kier molecular flexibility index (Phi) is 3.78. The van der Waals surface area contributed by atoms with Crippen molar-refractivity contribution < 1.29 is 4.79 Å². The first-order valence-electron chi connectivity index (χ1n) is 7.65. The van der Waals surface area contributed by atoms with E-state index in [0.29, 0.717) is 12.3 Å². The molecular formula is C19H21NO. The molecule has 0 N–H and O–H groups in total. The van der Waals surface area contributed by atoms with Crippen molar-refractivity contribution >= 4 is 17.3 Å². The number of carbonyl (C=O) groups excluding carboxylic acids is 1. The summed E-state index contributed by atoms with van der Waals surface area (Å²) in [7, 11) is 0. The number of amides is 1. The van der Waals surface area contributed by atoms with Gasteiger partial charge in [-0.15, -0.1) is 0 Å². The highest BCUT2D eigenvalue weighted by Crippen LogP contribution is 2.36. The van der Waals surface area contributed by atoms with Crippen molar-refractivity contribution in [3.05, 3.63) is 59.7 Å². The number of benzene rings is 2. The van der Waals surface area contributed by atoms with Crippen LogP contribution in [0, 0.1) is 5.92 Å². The van der Waals surface area contributed by atoms with Crippen LogP contribution in [0.25, 0.3) is 0 Å². The molecule has 2 heteroatoms. The largest absolute Gasteiger partial charge is 0.281 e. The molecule has 1 aliphatic heterocycles. The molecule has 2 aromatic carbocycles. The van der Waals surface area contributed by atoms with Crippen LogP contribution in [-0.2, 0) is 17.6 Å². The van der Waals surface area contributed by atoms with Gasteiger partial charge in [0.05, 0.1) is 11.4 Å². The monoisotopic (exact) mass is 279 g/mol. The van der Waals surface area contributed by atoms with Crippen molar-refractivity contribution in [1.82, 2.24) is 0 Å². The van der Waals surface area contributed by atoms with E-state index in [9.17, 15) is 4.79 Å². The number of hydrogen-bond acceptors (Lipinski definition) is 1. The van der Waals surface area contributed by atoms with Crippen LogP contribution in [-0.4, -0.2) is 5.91 Å². The highest BCUT2D eigenvalue weighted by Gasteiger charge is 2.25. The molecule has 0 saturated heterocycles. The second-order valence-corrected chi connectivity index (χ2v) is 6.08. The van der Waals surface area contributed by atoms with Gasteiger partial charge in [0.15, 0.2) is 0 Å². The summed E-state index contributed by atoms with van der Waals surface area (Å²) in [5.74, 6) is 0.548. The fourth-order valence-electron chi connectivity index (χ4n) is 2.99. The van der Waals surface area contributed by atoms with Gasteiger partial charge in [0.25, 0.3) is 0 Å². The van der Waals surface area contributed by atoms with Crippen molar-refractivity contribution in [3.8, 4) is 0 Å². The van der Waals surface area contributed by atoms with Crippen molar-refractivity contribution in [2.75, 3.05) is 4.90 Å². The van der Waals surface area contributed by atoms with Crippen molar-refractivity contribution in [3.63, 3.8) is 0 Å². The van der Waals surface area contributed by atoms with E-state index in [0.717, 1.165) is 24.2 Å². The minimum atomic E-state index is 0.187. The Hall–Kier alpha value is -2.09. The maximum Gasteiger partial charge on any atom is 0.231 e. The number of hydrogen-bond donors (Lipinski definition) is 0. The van der Waals surface area contributed by atoms with Gasteiger partial charge in [0.2, 0.25) is 5.91 Å². The summed E-state index contributed by atoms with van der Waals surface area (Å²) >= 11 is 0. The molecule has 1 heterocycles. The smallest absolute Gasteiger partial charge is 0.231 e. The summed E-state index contributed by atoms with van der Waals surface area (Å²) < 4.78 is 0. The van der Waals surface area contributed by atoms with Gasteiger partial charge < -0.3 is 0 Å². The maximum absolute atomic E-state index is 12.8. The third kappa shape index (κ3) is 2.71. The Morgan fingerprint density at radius 2 is 1.43 bits per heavy atom. The number of carbonyl (C=O) groups is 1. The summed E-state index contributed by atoms with van der Waals surface area (Å²) in [6, 6.07) is 16.5. The van der Waals surface area contributed by atoms with Crippen molar-refractivity contribution in [2.24, 2.45) is 5.92 Å². The standard InChI is InChI=1S/C19H21NO/c1-14(2)13-19(21)20-17-9-5-3-7-15(17)11-12-16-8-4-6-10-18(16)20/h3-10,14H,11-13H2,1-2H3. The van der Waals surface area contributed by atoms with Crippen molar-refractivity contribution in [2.45, 2.75) is 33.1 Å². The summed E-state index contributed by atoms with van der Waals surface area (Å²) in [5, 5.41) is 0. The molecule has 0 unspecified atom stereocenters. The lowest BCUT2D eigenvalue weighted by atomic mass is 10.0. The van der Waals surface area contributed by atoms with E-state index in [-0.39, 0.29) is 5.91 Å². The molecule has 1 amide bonds. The minimum absolute atomic E-state index is 0.187. The second kappa shape index (κ2) is 5.72. The van der Waals surface area contributed by atoms with Gasteiger partial charge in [0.1, 0.15) is 0 Å². The summed E-state index contributed by atoms with van der Waals surface area (Å²) in [4.78, 5) is 14.7. The van der Waals surface area contributed by atoms with Crippen LogP contribution in [0.2, 0.25) is 0 Å². The van der Waals surface area contributed by atoms with Gasteiger partial charge in [-0.25, -0.2) is 0 Å². The molecule has 0 aliphatic carbocycles. The van der Waals surface area contributed by atoms with E-state index in [2.05, 4.69) is 50.2 Å². The number of anilines is 2. The quantitative estimate of drug-likeness (QED) is 0.792. The lowest BCUT2D eigenvalue weighted by Gasteiger charge is -2.25. The van der Waals surface area contributed by atoms with Crippen LogP contribution in [0.1, 0.15) is 31.4 Å². The zero-order valence-corrected chi connectivity index (χ0v) is 12.7. The molecule has 3 rings (SSSR count). The fraction of sp³-hybridized carbons (Fsp3) is 0.316. The molecule has 1 aliphatic rings. The second-order valence-electron chi connectivity index (χ2n) is 6.08. The Bertz CT molecular complexity index is 613. The van der Waals surface area contributed by atoms with E-state index in [1.54, 1.807) is 0 Å². The summed E-state index contributed by atoms with van der Waals surface area (Å²) in [5.41, 5.74) is 4.61. The molecule has 0 radical (unpaired) electrons. The Morgan fingerprint density at radius 3 is 1.90 bits per heavy atom. The molecule has 0 aromatic heterocycles. The highest BCUT2D eigenvalue weighted by atomic mass is 16.2. The third-order valence-corrected chi connectivity index (χ3v) is 3.96. The molecule has 0 saturated carbocycles. The van der Waals surface area contributed by atoms with Gasteiger partial charge >= 0.3 is 0 Å². The molecule has 108 valence electrons. The molecular weight excluding hydrogens is 258 g/mol. The first-order chi connectivity index (χ1) is 10.2. The number of rotatable bonds is 2. The first-order valence-corrected chi connectivity index (χ1v) is 7.65. The zero-order chi connectivity index (χ0) is 14.8. The zero-order valence-electron chi connectivity index (χ0n) is 12.7. The lowest BCUT2D eigenvalue weighted by Crippen LogP contribution is -2.27. The van der Waals surface area contributed by atoms with E-state index in [1.165, 1.54) is 11.1 Å². The normalized spacial score (nSPS) is 13.6. The minimum Gasteiger partial charge on any atom is -0.281 e. The molecule has 0 atom stereocenters. The molecule has 2 nitrogen and oxygen atoms in total. The number of fused-ring (bicyclic) bond motifs is 2. The van der Waals surface area contributed by atoms with E-state index in [1.807, 2.05) is 17.0 Å². The van der Waals surface area contributed by atoms with Gasteiger partial charge in [-0.1, -0.05) is 50.2 Å². The molecule has 2 aromatic rings. The SMILES string of the molecule is CC(C)CC(=O)N1c2ccccc2CCc2ccccc21. The molecule has 0 bridgehead atoms. The number of aryl methyl sites for hydroxylation is 2. The lowest BCUT2D eigenvalue weighted by molar-refractivity contribution is -0.118. The molecule has 0 fully saturated rings.